The zero-order valence-corrected chi connectivity index (χ0v) is 13.5. The van der Waals surface area contributed by atoms with Gasteiger partial charge in [0.15, 0.2) is 0 Å². The van der Waals surface area contributed by atoms with E-state index in [1.165, 1.54) is 35.0 Å². The predicted molar refractivity (Wildman–Crippen MR) is 93.9 cm³/mol. The Morgan fingerprint density at radius 1 is 1.13 bits per heavy atom. The summed E-state index contributed by atoms with van der Waals surface area (Å²) >= 11 is 0. The van der Waals surface area contributed by atoms with Gasteiger partial charge in [-0.25, -0.2) is 0 Å². The van der Waals surface area contributed by atoms with Crippen molar-refractivity contribution in [3.63, 3.8) is 0 Å². The van der Waals surface area contributed by atoms with Crippen LogP contribution in [0.15, 0.2) is 54.7 Å². The van der Waals surface area contributed by atoms with Gasteiger partial charge in [0.25, 0.3) is 0 Å². The Morgan fingerprint density at radius 3 is 2.78 bits per heavy atom. The van der Waals surface area contributed by atoms with Gasteiger partial charge in [0.2, 0.25) is 0 Å². The highest BCUT2D eigenvalue weighted by Gasteiger charge is 2.24. The van der Waals surface area contributed by atoms with E-state index in [1.54, 1.807) is 0 Å². The van der Waals surface area contributed by atoms with E-state index in [0.717, 1.165) is 12.3 Å². The maximum Gasteiger partial charge on any atom is 0.129 e. The molecule has 3 nitrogen and oxygen atoms in total. The molecule has 1 saturated heterocycles. The summed E-state index contributed by atoms with van der Waals surface area (Å²) in [5.41, 5.74) is 3.76. The number of rotatable bonds is 4. The molecule has 3 aromatic rings. The number of nitrogens with zero attached hydrogens (tertiary/aromatic N) is 1. The third-order valence-electron chi connectivity index (χ3n) is 4.77. The summed E-state index contributed by atoms with van der Waals surface area (Å²) in [5, 5.41) is 1.25. The number of nitrogens with one attached hydrogen (secondary N) is 1. The molecule has 1 atom stereocenters. The molecule has 1 fully saturated rings. The first-order valence-corrected chi connectivity index (χ1v) is 8.26. The van der Waals surface area contributed by atoms with E-state index >= 15 is 0 Å². The van der Waals surface area contributed by atoms with Crippen LogP contribution in [-0.4, -0.2) is 30.0 Å². The minimum absolute atomic E-state index is 0.593. The van der Waals surface area contributed by atoms with E-state index in [0.29, 0.717) is 12.5 Å². The highest BCUT2D eigenvalue weighted by atomic mass is 16.5. The van der Waals surface area contributed by atoms with Crippen molar-refractivity contribution in [1.82, 2.24) is 9.88 Å². The molecular formula is C20H22N2O. The van der Waals surface area contributed by atoms with Gasteiger partial charge in [-0.05, 0) is 43.3 Å². The Labute approximate surface area is 136 Å². The molecule has 1 aromatic heterocycles. The average Bonchev–Trinajstić information content (AvgIpc) is 3.20. The molecule has 1 aliphatic rings. The lowest BCUT2D eigenvalue weighted by atomic mass is 9.97. The molecule has 0 spiro atoms. The number of benzene rings is 2. The van der Waals surface area contributed by atoms with Gasteiger partial charge < -0.3 is 14.6 Å². The fourth-order valence-electron chi connectivity index (χ4n) is 3.54. The van der Waals surface area contributed by atoms with Crippen LogP contribution < -0.4 is 4.74 Å². The molecule has 3 heteroatoms. The molecule has 1 aliphatic heterocycles. The fourth-order valence-corrected chi connectivity index (χ4v) is 3.54. The summed E-state index contributed by atoms with van der Waals surface area (Å²) in [7, 11) is 2.20. The zero-order chi connectivity index (χ0) is 15.6. The summed E-state index contributed by atoms with van der Waals surface area (Å²) < 4.78 is 6.16. The summed E-state index contributed by atoms with van der Waals surface area (Å²) in [4.78, 5) is 5.82. The van der Waals surface area contributed by atoms with E-state index in [2.05, 4.69) is 65.6 Å². The van der Waals surface area contributed by atoms with Crippen LogP contribution in [-0.2, 0) is 6.61 Å². The van der Waals surface area contributed by atoms with Gasteiger partial charge in [-0.3, -0.25) is 0 Å². The van der Waals surface area contributed by atoms with Crippen LogP contribution in [0.1, 0.15) is 23.5 Å². The zero-order valence-electron chi connectivity index (χ0n) is 13.5. The Bertz CT molecular complexity index is 794. The van der Waals surface area contributed by atoms with E-state index < -0.39 is 0 Å². The first-order chi connectivity index (χ1) is 11.3. The molecule has 118 valence electrons. The van der Waals surface area contributed by atoms with E-state index in [4.69, 9.17) is 4.74 Å². The van der Waals surface area contributed by atoms with Crippen LogP contribution in [0, 0.1) is 0 Å². The number of hydrogen-bond donors (Lipinski definition) is 1. The number of likely N-dealkylation sites (tertiary alicyclic amines) is 1. The number of H-pyrrole nitrogens is 1. The largest absolute Gasteiger partial charge is 0.488 e. The Morgan fingerprint density at radius 2 is 2.00 bits per heavy atom. The lowest BCUT2D eigenvalue weighted by molar-refractivity contribution is 0.310. The lowest BCUT2D eigenvalue weighted by Gasteiger charge is -2.13. The van der Waals surface area contributed by atoms with Crippen LogP contribution >= 0.6 is 0 Å². The number of aromatic amines is 1. The maximum absolute atomic E-state index is 6.16. The second kappa shape index (κ2) is 6.09. The van der Waals surface area contributed by atoms with E-state index in [1.807, 2.05) is 6.07 Å². The van der Waals surface area contributed by atoms with Crippen molar-refractivity contribution in [3.05, 3.63) is 65.9 Å². The molecular weight excluding hydrogens is 284 g/mol. The molecule has 0 aliphatic carbocycles. The van der Waals surface area contributed by atoms with E-state index in [-0.39, 0.29) is 0 Å². The Kier molecular flexibility index (Phi) is 3.80. The first kappa shape index (κ1) is 14.3. The lowest BCUT2D eigenvalue weighted by Crippen LogP contribution is -2.13. The summed E-state index contributed by atoms with van der Waals surface area (Å²) in [6, 6.07) is 16.6. The quantitative estimate of drug-likeness (QED) is 0.783. The summed E-state index contributed by atoms with van der Waals surface area (Å²) in [6.07, 6.45) is 3.39. The standard InChI is InChI=1S/C20H22N2O/c1-22-11-10-16(13-22)17-12-21-18-8-5-9-19(20(17)18)23-14-15-6-3-2-4-7-15/h2-9,12,16,21H,10-11,13-14H2,1H3. The minimum atomic E-state index is 0.593. The molecule has 0 saturated carbocycles. The highest BCUT2D eigenvalue weighted by Crippen LogP contribution is 2.37. The third kappa shape index (κ3) is 2.84. The molecule has 1 N–H and O–H groups in total. The second-order valence-electron chi connectivity index (χ2n) is 6.44. The number of aromatic nitrogens is 1. The van der Waals surface area contributed by atoms with Crippen LogP contribution in [0.25, 0.3) is 10.9 Å². The van der Waals surface area contributed by atoms with Gasteiger partial charge in [0.1, 0.15) is 12.4 Å². The second-order valence-corrected chi connectivity index (χ2v) is 6.44. The van der Waals surface area contributed by atoms with Crippen LogP contribution in [0.3, 0.4) is 0 Å². The smallest absolute Gasteiger partial charge is 0.129 e. The number of likely N-dealkylation sites (N-methyl/N-ethyl adjacent to an activating group) is 1. The monoisotopic (exact) mass is 306 g/mol. The van der Waals surface area contributed by atoms with Crippen molar-refractivity contribution in [3.8, 4) is 5.75 Å². The van der Waals surface area contributed by atoms with Crippen molar-refractivity contribution in [2.45, 2.75) is 18.9 Å². The van der Waals surface area contributed by atoms with Crippen LogP contribution in [0.5, 0.6) is 5.75 Å². The third-order valence-corrected chi connectivity index (χ3v) is 4.77. The van der Waals surface area contributed by atoms with Gasteiger partial charge in [0.05, 0.1) is 0 Å². The average molecular weight is 306 g/mol. The normalized spacial score (nSPS) is 18.6. The molecule has 2 aromatic carbocycles. The molecule has 0 radical (unpaired) electrons. The fraction of sp³-hybridized carbons (Fsp3) is 0.300. The van der Waals surface area contributed by atoms with Gasteiger partial charge in [-0.15, -0.1) is 0 Å². The molecule has 1 unspecified atom stereocenters. The van der Waals surface area contributed by atoms with E-state index in [9.17, 15) is 0 Å². The van der Waals surface area contributed by atoms with Crippen LogP contribution in [0.4, 0.5) is 0 Å². The highest BCUT2D eigenvalue weighted by molar-refractivity contribution is 5.89. The number of hydrogen-bond acceptors (Lipinski definition) is 2. The van der Waals surface area contributed by atoms with Crippen molar-refractivity contribution < 1.29 is 4.74 Å². The first-order valence-electron chi connectivity index (χ1n) is 8.26. The van der Waals surface area contributed by atoms with Crippen LogP contribution in [0.2, 0.25) is 0 Å². The molecule has 0 bridgehead atoms. The molecule has 2 heterocycles. The number of fused-ring (bicyclic) bond motifs is 1. The van der Waals surface area contributed by atoms with Crippen molar-refractivity contribution >= 4 is 10.9 Å². The minimum Gasteiger partial charge on any atom is -0.488 e. The van der Waals surface area contributed by atoms with Crippen molar-refractivity contribution in [2.24, 2.45) is 0 Å². The van der Waals surface area contributed by atoms with Gasteiger partial charge >= 0.3 is 0 Å². The van der Waals surface area contributed by atoms with Crippen molar-refractivity contribution in [1.29, 1.82) is 0 Å². The maximum atomic E-state index is 6.16. The number of ether oxygens (including phenoxy) is 1. The molecule has 23 heavy (non-hydrogen) atoms. The SMILES string of the molecule is CN1CCC(c2c[nH]c3cccc(OCc4ccccc4)c23)C1. The van der Waals surface area contributed by atoms with Gasteiger partial charge in [-0.2, -0.15) is 0 Å². The predicted octanol–water partition coefficient (Wildman–Crippen LogP) is 4.17. The summed E-state index contributed by atoms with van der Waals surface area (Å²) in [5.74, 6) is 1.58. The molecule has 4 rings (SSSR count). The Balaban J connectivity index is 1.65. The van der Waals surface area contributed by atoms with Gasteiger partial charge in [-0.1, -0.05) is 36.4 Å². The van der Waals surface area contributed by atoms with Gasteiger partial charge in [0, 0.05) is 29.6 Å². The summed E-state index contributed by atoms with van der Waals surface area (Å²) in [6.45, 7) is 2.90. The van der Waals surface area contributed by atoms with Crippen molar-refractivity contribution in [2.75, 3.05) is 20.1 Å². The topological polar surface area (TPSA) is 28.3 Å². The molecule has 0 amide bonds. The Hall–Kier alpha value is -2.26.